The van der Waals surface area contributed by atoms with Gasteiger partial charge in [-0.2, -0.15) is 0 Å². The summed E-state index contributed by atoms with van der Waals surface area (Å²) in [5.74, 6) is 0.506. The van der Waals surface area contributed by atoms with Crippen LogP contribution in [0.5, 0.6) is 0 Å². The van der Waals surface area contributed by atoms with Crippen LogP contribution in [0.2, 0.25) is 0 Å². The first-order valence-electron chi connectivity index (χ1n) is 11.7. The molecule has 0 unspecified atom stereocenters. The lowest BCUT2D eigenvalue weighted by molar-refractivity contribution is -0.140. The fraction of sp³-hybridized carbons (Fsp3) is 0.308. The lowest BCUT2D eigenvalue weighted by Gasteiger charge is -2.35. The molecule has 5 rings (SSSR count). The predicted molar refractivity (Wildman–Crippen MR) is 137 cm³/mol. The minimum absolute atomic E-state index is 0.0181. The zero-order valence-corrected chi connectivity index (χ0v) is 20.5. The number of likely N-dealkylation sites (N-methyl/N-ethyl adjacent to an activating group) is 1. The van der Waals surface area contributed by atoms with Crippen LogP contribution in [-0.2, 0) is 22.7 Å². The average Bonchev–Trinajstić information content (AvgIpc) is 3.53. The predicted octanol–water partition coefficient (Wildman–Crippen LogP) is 2.96. The number of carbonyl (C=O) groups is 2. The molecule has 2 aromatic heterocycles. The van der Waals surface area contributed by atoms with Gasteiger partial charge in [-0.15, -0.1) is 11.3 Å². The number of para-hydroxylation sites is 2. The van der Waals surface area contributed by atoms with Gasteiger partial charge in [-0.3, -0.25) is 14.5 Å². The maximum Gasteiger partial charge on any atom is 0.242 e. The Morgan fingerprint density at radius 1 is 1.00 bits per heavy atom. The van der Waals surface area contributed by atoms with E-state index in [0.29, 0.717) is 18.9 Å². The molecule has 180 valence electrons. The van der Waals surface area contributed by atoms with Crippen molar-refractivity contribution in [1.29, 1.82) is 0 Å². The van der Waals surface area contributed by atoms with Crippen LogP contribution in [0.3, 0.4) is 0 Å². The highest BCUT2D eigenvalue weighted by atomic mass is 32.1. The van der Waals surface area contributed by atoms with Crippen molar-refractivity contribution in [2.45, 2.75) is 13.1 Å². The van der Waals surface area contributed by atoms with Crippen molar-refractivity contribution in [2.75, 3.05) is 39.8 Å². The number of rotatable bonds is 7. The molecular weight excluding hydrogens is 460 g/mol. The van der Waals surface area contributed by atoms with E-state index in [1.807, 2.05) is 57.3 Å². The Morgan fingerprint density at radius 2 is 1.74 bits per heavy atom. The highest BCUT2D eigenvalue weighted by molar-refractivity contribution is 7.07. The van der Waals surface area contributed by atoms with Gasteiger partial charge in [0.15, 0.2) is 5.82 Å². The minimum Gasteiger partial charge on any atom is -0.339 e. The number of fused-ring (bicyclic) bond motifs is 1. The number of carbonyl (C=O) groups excluding carboxylic acids is 2. The first-order valence-corrected chi connectivity index (χ1v) is 12.6. The van der Waals surface area contributed by atoms with Crippen molar-refractivity contribution in [3.63, 3.8) is 0 Å². The molecule has 0 radical (unpaired) electrons. The summed E-state index contributed by atoms with van der Waals surface area (Å²) in [6.45, 7) is 4.06. The van der Waals surface area contributed by atoms with Gasteiger partial charge in [0.05, 0.1) is 23.1 Å². The van der Waals surface area contributed by atoms with Crippen molar-refractivity contribution in [2.24, 2.45) is 0 Å². The van der Waals surface area contributed by atoms with Gasteiger partial charge in [0.2, 0.25) is 11.8 Å². The van der Waals surface area contributed by atoms with E-state index in [0.717, 1.165) is 36.4 Å². The fourth-order valence-electron chi connectivity index (χ4n) is 4.40. The molecule has 0 N–H and O–H groups in total. The molecule has 4 aromatic rings. The molecule has 9 heteroatoms. The SMILES string of the molecule is CN(CC(=O)N1CCN(Cc2ccccc2)CC1)C(=O)Cn1c(-c2cscn2)nc2ccccc21. The average molecular weight is 489 g/mol. The molecule has 0 aliphatic carbocycles. The Kier molecular flexibility index (Phi) is 6.87. The van der Waals surface area contributed by atoms with Crippen LogP contribution in [0, 0.1) is 0 Å². The lowest BCUT2D eigenvalue weighted by atomic mass is 10.2. The zero-order valence-electron chi connectivity index (χ0n) is 19.7. The molecule has 1 aliphatic heterocycles. The Morgan fingerprint density at radius 3 is 2.49 bits per heavy atom. The van der Waals surface area contributed by atoms with Crippen LogP contribution in [0.25, 0.3) is 22.6 Å². The number of hydrogen-bond donors (Lipinski definition) is 0. The van der Waals surface area contributed by atoms with Crippen LogP contribution >= 0.6 is 11.3 Å². The van der Waals surface area contributed by atoms with Gasteiger partial charge in [-0.1, -0.05) is 42.5 Å². The van der Waals surface area contributed by atoms with Crippen molar-refractivity contribution in [3.05, 3.63) is 71.1 Å². The topological polar surface area (TPSA) is 74.6 Å². The van der Waals surface area contributed by atoms with Gasteiger partial charge < -0.3 is 14.4 Å². The van der Waals surface area contributed by atoms with Crippen molar-refractivity contribution < 1.29 is 9.59 Å². The maximum absolute atomic E-state index is 13.1. The van der Waals surface area contributed by atoms with Gasteiger partial charge in [0, 0.05) is 45.2 Å². The van der Waals surface area contributed by atoms with Gasteiger partial charge in [0.1, 0.15) is 12.2 Å². The third kappa shape index (κ3) is 5.26. The second-order valence-corrected chi connectivity index (χ2v) is 9.49. The van der Waals surface area contributed by atoms with Gasteiger partial charge in [-0.05, 0) is 17.7 Å². The van der Waals surface area contributed by atoms with Crippen LogP contribution in [0.4, 0.5) is 0 Å². The smallest absolute Gasteiger partial charge is 0.242 e. The molecule has 1 fully saturated rings. The Labute approximate surface area is 208 Å². The van der Waals surface area contributed by atoms with E-state index in [9.17, 15) is 9.59 Å². The normalized spacial score (nSPS) is 14.4. The Balaban J connectivity index is 1.19. The Bertz CT molecular complexity index is 1300. The van der Waals surface area contributed by atoms with E-state index in [-0.39, 0.29) is 24.9 Å². The molecular formula is C26H28N6O2S. The maximum atomic E-state index is 13.1. The first kappa shape index (κ1) is 23.2. The largest absolute Gasteiger partial charge is 0.339 e. The summed E-state index contributed by atoms with van der Waals surface area (Å²) < 4.78 is 1.88. The van der Waals surface area contributed by atoms with Crippen LogP contribution in [0.15, 0.2) is 65.5 Å². The number of thiazole rings is 1. The molecule has 0 spiro atoms. The molecule has 8 nitrogen and oxygen atoms in total. The van der Waals surface area contributed by atoms with Crippen LogP contribution in [-0.4, -0.2) is 80.8 Å². The van der Waals surface area contributed by atoms with Gasteiger partial charge in [-0.25, -0.2) is 9.97 Å². The molecule has 35 heavy (non-hydrogen) atoms. The molecule has 2 aromatic carbocycles. The summed E-state index contributed by atoms with van der Waals surface area (Å²) >= 11 is 1.49. The number of benzene rings is 2. The van der Waals surface area contributed by atoms with Gasteiger partial charge >= 0.3 is 0 Å². The van der Waals surface area contributed by atoms with Crippen LogP contribution < -0.4 is 0 Å². The highest BCUT2D eigenvalue weighted by Crippen LogP contribution is 2.24. The third-order valence-electron chi connectivity index (χ3n) is 6.38. The van der Waals surface area contributed by atoms with E-state index < -0.39 is 0 Å². The van der Waals surface area contributed by atoms with E-state index in [2.05, 4.69) is 22.0 Å². The highest BCUT2D eigenvalue weighted by Gasteiger charge is 2.24. The number of hydrogen-bond acceptors (Lipinski definition) is 6. The first-order chi connectivity index (χ1) is 17.1. The number of amides is 2. The lowest BCUT2D eigenvalue weighted by Crippen LogP contribution is -2.51. The third-order valence-corrected chi connectivity index (χ3v) is 6.97. The summed E-state index contributed by atoms with van der Waals surface area (Å²) in [6, 6.07) is 18.1. The summed E-state index contributed by atoms with van der Waals surface area (Å²) in [4.78, 5) is 40.9. The molecule has 0 atom stereocenters. The van der Waals surface area contributed by atoms with Gasteiger partial charge in [0.25, 0.3) is 0 Å². The van der Waals surface area contributed by atoms with E-state index in [4.69, 9.17) is 4.98 Å². The number of nitrogens with zero attached hydrogens (tertiary/aromatic N) is 6. The molecule has 1 saturated heterocycles. The summed E-state index contributed by atoms with van der Waals surface area (Å²) in [7, 11) is 1.69. The second kappa shape index (κ2) is 10.4. The standard InChI is InChI=1S/C26H28N6O2S/c1-29(16-25(34)31-13-11-30(12-14-31)15-20-7-3-2-4-8-20)24(33)17-32-23-10-6-5-9-21(23)28-26(32)22-18-35-19-27-22/h2-10,18-19H,11-17H2,1H3. The van der Waals surface area contributed by atoms with E-state index >= 15 is 0 Å². The fourth-order valence-corrected chi connectivity index (χ4v) is 4.93. The summed E-state index contributed by atoms with van der Waals surface area (Å²) in [5.41, 5.74) is 5.46. The van der Waals surface area contributed by atoms with Crippen molar-refractivity contribution >= 4 is 34.2 Å². The van der Waals surface area contributed by atoms with Crippen LogP contribution in [0.1, 0.15) is 5.56 Å². The molecule has 1 aliphatic rings. The summed E-state index contributed by atoms with van der Waals surface area (Å²) in [6.07, 6.45) is 0. The molecule has 2 amide bonds. The van der Waals surface area contributed by atoms with E-state index in [1.165, 1.54) is 21.8 Å². The molecule has 0 saturated carbocycles. The minimum atomic E-state index is -0.138. The Hall–Kier alpha value is -3.56. The zero-order chi connectivity index (χ0) is 24.2. The second-order valence-electron chi connectivity index (χ2n) is 8.78. The van der Waals surface area contributed by atoms with E-state index in [1.54, 1.807) is 12.6 Å². The van der Waals surface area contributed by atoms with Crippen molar-refractivity contribution in [3.8, 4) is 11.5 Å². The number of imidazole rings is 1. The van der Waals surface area contributed by atoms with Crippen molar-refractivity contribution in [1.82, 2.24) is 29.2 Å². The molecule has 0 bridgehead atoms. The molecule has 3 heterocycles. The monoisotopic (exact) mass is 488 g/mol. The summed E-state index contributed by atoms with van der Waals surface area (Å²) in [5, 5.41) is 1.92. The number of aromatic nitrogens is 3. The number of piperazine rings is 1. The quantitative estimate of drug-likeness (QED) is 0.400.